The van der Waals surface area contributed by atoms with E-state index in [1.54, 1.807) is 6.07 Å². The molecule has 0 aromatic heterocycles. The summed E-state index contributed by atoms with van der Waals surface area (Å²) in [4.78, 5) is 2.09. The first-order valence-electron chi connectivity index (χ1n) is 6.49. The Morgan fingerprint density at radius 2 is 2.11 bits per heavy atom. The van der Waals surface area contributed by atoms with E-state index >= 15 is 0 Å². The molecule has 1 aromatic rings. The number of halogens is 2. The molecule has 1 heterocycles. The Kier molecular flexibility index (Phi) is 2.87. The van der Waals surface area contributed by atoms with Crippen molar-refractivity contribution in [2.75, 3.05) is 6.54 Å². The Balaban J connectivity index is 1.77. The summed E-state index contributed by atoms with van der Waals surface area (Å²) in [6.07, 6.45) is 3.64. The van der Waals surface area contributed by atoms with Crippen LogP contribution in [0.3, 0.4) is 0 Å². The fourth-order valence-electron chi connectivity index (χ4n) is 2.97. The summed E-state index contributed by atoms with van der Waals surface area (Å²) in [7, 11) is 0. The van der Waals surface area contributed by atoms with E-state index in [-0.39, 0.29) is 6.04 Å². The number of rotatable bonds is 3. The van der Waals surface area contributed by atoms with Gasteiger partial charge in [-0.3, -0.25) is 4.90 Å². The largest absolute Gasteiger partial charge is 0.388 e. The van der Waals surface area contributed by atoms with Gasteiger partial charge in [0.15, 0.2) is 11.6 Å². The molecule has 1 aliphatic carbocycles. The maximum atomic E-state index is 13.6. The summed E-state index contributed by atoms with van der Waals surface area (Å²) >= 11 is 0. The highest BCUT2D eigenvalue weighted by molar-refractivity contribution is 5.20. The first-order chi connectivity index (χ1) is 8.60. The van der Waals surface area contributed by atoms with Crippen LogP contribution in [0.4, 0.5) is 8.78 Å². The third-order valence-electron chi connectivity index (χ3n) is 4.15. The lowest BCUT2D eigenvalue weighted by molar-refractivity contribution is 0.0476. The topological polar surface area (TPSA) is 23.5 Å². The molecule has 0 spiro atoms. The van der Waals surface area contributed by atoms with E-state index in [0.717, 1.165) is 38.3 Å². The molecule has 3 rings (SSSR count). The highest BCUT2D eigenvalue weighted by Gasteiger charge is 2.51. The second-order valence-corrected chi connectivity index (χ2v) is 5.45. The van der Waals surface area contributed by atoms with E-state index in [1.807, 2.05) is 0 Å². The van der Waals surface area contributed by atoms with Gasteiger partial charge < -0.3 is 5.11 Å². The molecule has 2 aliphatic rings. The molecule has 1 atom stereocenters. The zero-order valence-corrected chi connectivity index (χ0v) is 10.2. The smallest absolute Gasteiger partial charge is 0.163 e. The van der Waals surface area contributed by atoms with Gasteiger partial charge in [-0.25, -0.2) is 8.78 Å². The third kappa shape index (κ3) is 2.04. The van der Waals surface area contributed by atoms with Crippen LogP contribution in [0.5, 0.6) is 0 Å². The number of benzene rings is 1. The lowest BCUT2D eigenvalue weighted by atomic mass is 10.1. The van der Waals surface area contributed by atoms with E-state index in [0.29, 0.717) is 12.1 Å². The highest BCUT2D eigenvalue weighted by Crippen LogP contribution is 2.45. The van der Waals surface area contributed by atoms with Gasteiger partial charge in [-0.1, -0.05) is 12.1 Å². The van der Waals surface area contributed by atoms with Crippen LogP contribution in [0.2, 0.25) is 0 Å². The van der Waals surface area contributed by atoms with Gasteiger partial charge in [0.2, 0.25) is 0 Å². The van der Waals surface area contributed by atoms with Crippen molar-refractivity contribution < 1.29 is 13.9 Å². The minimum absolute atomic E-state index is 0.111. The third-order valence-corrected chi connectivity index (χ3v) is 4.15. The normalized spacial score (nSPS) is 26.5. The zero-order valence-electron chi connectivity index (χ0n) is 10.2. The van der Waals surface area contributed by atoms with Gasteiger partial charge in [0, 0.05) is 18.2 Å². The minimum atomic E-state index is -0.798. The molecule has 18 heavy (non-hydrogen) atoms. The van der Waals surface area contributed by atoms with E-state index in [1.165, 1.54) is 6.07 Å². The average Bonchev–Trinajstić information content (AvgIpc) is 2.91. The molecule has 98 valence electrons. The predicted octanol–water partition coefficient (Wildman–Crippen LogP) is 2.45. The van der Waals surface area contributed by atoms with Crippen LogP contribution in [0.1, 0.15) is 31.2 Å². The Morgan fingerprint density at radius 1 is 1.33 bits per heavy atom. The van der Waals surface area contributed by atoms with Crippen molar-refractivity contribution >= 4 is 0 Å². The molecule has 2 nitrogen and oxygen atoms in total. The minimum Gasteiger partial charge on any atom is -0.388 e. The van der Waals surface area contributed by atoms with Crippen molar-refractivity contribution in [3.05, 3.63) is 35.4 Å². The fraction of sp³-hybridized carbons (Fsp3) is 0.571. The second-order valence-electron chi connectivity index (χ2n) is 5.45. The van der Waals surface area contributed by atoms with Crippen molar-refractivity contribution in [3.63, 3.8) is 0 Å². The maximum absolute atomic E-state index is 13.6. The average molecular weight is 253 g/mol. The van der Waals surface area contributed by atoms with Crippen molar-refractivity contribution in [1.82, 2.24) is 4.90 Å². The van der Waals surface area contributed by atoms with Gasteiger partial charge in [-0.2, -0.15) is 0 Å². The molecule has 4 heteroatoms. The summed E-state index contributed by atoms with van der Waals surface area (Å²) in [5, 5.41) is 10.2. The first-order valence-corrected chi connectivity index (χ1v) is 6.49. The summed E-state index contributed by atoms with van der Waals surface area (Å²) in [5.74, 6) is -1.56. The molecule has 1 aromatic carbocycles. The molecule has 1 N–H and O–H groups in total. The number of hydrogen-bond acceptors (Lipinski definition) is 2. The quantitative estimate of drug-likeness (QED) is 0.894. The summed E-state index contributed by atoms with van der Waals surface area (Å²) < 4.78 is 26.8. The molecule has 0 bridgehead atoms. The van der Waals surface area contributed by atoms with Crippen LogP contribution < -0.4 is 0 Å². The van der Waals surface area contributed by atoms with Crippen molar-refractivity contribution in [3.8, 4) is 0 Å². The zero-order chi connectivity index (χ0) is 12.8. The van der Waals surface area contributed by atoms with Crippen molar-refractivity contribution in [2.45, 2.75) is 43.9 Å². The van der Waals surface area contributed by atoms with E-state index in [9.17, 15) is 13.9 Å². The number of likely N-dealkylation sites (tertiary alicyclic amines) is 1. The van der Waals surface area contributed by atoms with Crippen LogP contribution in [-0.2, 0) is 6.54 Å². The van der Waals surface area contributed by atoms with Crippen LogP contribution in [0, 0.1) is 11.6 Å². The van der Waals surface area contributed by atoms with Gasteiger partial charge in [0.25, 0.3) is 0 Å². The van der Waals surface area contributed by atoms with Crippen LogP contribution >= 0.6 is 0 Å². The summed E-state index contributed by atoms with van der Waals surface area (Å²) in [5.41, 5.74) is -0.188. The highest BCUT2D eigenvalue weighted by atomic mass is 19.2. The second kappa shape index (κ2) is 4.28. The Hall–Kier alpha value is -1.00. The first kappa shape index (κ1) is 12.1. The van der Waals surface area contributed by atoms with Crippen molar-refractivity contribution in [1.29, 1.82) is 0 Å². The number of nitrogens with zero attached hydrogens (tertiary/aromatic N) is 1. The fourth-order valence-corrected chi connectivity index (χ4v) is 2.97. The molecule has 1 saturated heterocycles. The number of aliphatic hydroxyl groups is 1. The molecular formula is C14H17F2NO. The maximum Gasteiger partial charge on any atom is 0.163 e. The Bertz CT molecular complexity index is 459. The van der Waals surface area contributed by atoms with Gasteiger partial charge in [0.05, 0.1) is 5.60 Å². The van der Waals surface area contributed by atoms with Crippen LogP contribution in [-0.4, -0.2) is 28.2 Å². The Labute approximate surface area is 105 Å². The molecular weight excluding hydrogens is 236 g/mol. The molecule has 1 unspecified atom stereocenters. The standard InChI is InChI=1S/C14H17F2NO/c15-11-4-1-3-10(13(11)16)9-17-8-2-5-12(17)14(18)6-7-14/h1,3-4,12,18H,2,5-9H2. The summed E-state index contributed by atoms with van der Waals surface area (Å²) in [6, 6.07) is 4.39. The number of hydrogen-bond donors (Lipinski definition) is 1. The lowest BCUT2D eigenvalue weighted by Gasteiger charge is -2.28. The molecule has 2 fully saturated rings. The van der Waals surface area contributed by atoms with Crippen LogP contribution in [0.15, 0.2) is 18.2 Å². The van der Waals surface area contributed by atoms with E-state index in [4.69, 9.17) is 0 Å². The Morgan fingerprint density at radius 3 is 2.83 bits per heavy atom. The monoisotopic (exact) mass is 253 g/mol. The van der Waals surface area contributed by atoms with E-state index < -0.39 is 17.2 Å². The molecule has 0 radical (unpaired) electrons. The van der Waals surface area contributed by atoms with Gasteiger partial charge in [0.1, 0.15) is 0 Å². The van der Waals surface area contributed by atoms with Gasteiger partial charge in [-0.15, -0.1) is 0 Å². The van der Waals surface area contributed by atoms with Crippen LogP contribution in [0.25, 0.3) is 0 Å². The molecule has 1 saturated carbocycles. The summed E-state index contributed by atoms with van der Waals surface area (Å²) in [6.45, 7) is 1.24. The predicted molar refractivity (Wildman–Crippen MR) is 64.0 cm³/mol. The van der Waals surface area contributed by atoms with Crippen molar-refractivity contribution in [2.24, 2.45) is 0 Å². The van der Waals surface area contributed by atoms with Gasteiger partial charge in [-0.05, 0) is 38.3 Å². The SMILES string of the molecule is OC1(C2CCCN2Cc2cccc(F)c2F)CC1. The lowest BCUT2D eigenvalue weighted by Crippen LogP contribution is -2.40. The molecule has 1 aliphatic heterocycles. The van der Waals surface area contributed by atoms with E-state index in [2.05, 4.69) is 4.90 Å². The molecule has 0 amide bonds. The van der Waals surface area contributed by atoms with Gasteiger partial charge >= 0.3 is 0 Å².